The molecule has 2 aromatic rings. The van der Waals surface area contributed by atoms with Gasteiger partial charge in [-0.2, -0.15) is 0 Å². The van der Waals surface area contributed by atoms with Gasteiger partial charge in [-0.15, -0.1) is 0 Å². The van der Waals surface area contributed by atoms with Gasteiger partial charge in [0.2, 0.25) is 5.95 Å². The van der Waals surface area contributed by atoms with Crippen LogP contribution < -0.4 is 9.64 Å². The number of nitrogens with zero attached hydrogens (tertiary/aromatic N) is 4. The molecule has 138 valence electrons. The SMILES string of the molecule is COc1ccc2nc(N3CCC(N4CC5CCC4C5)CC3)nc(C)c2c1. The lowest BCUT2D eigenvalue weighted by Gasteiger charge is -2.40. The van der Waals surface area contributed by atoms with E-state index in [0.717, 1.165) is 59.4 Å². The number of aryl methyl sites for hydroxylation is 1. The summed E-state index contributed by atoms with van der Waals surface area (Å²) in [5.74, 6) is 2.74. The van der Waals surface area contributed by atoms with E-state index in [4.69, 9.17) is 14.7 Å². The summed E-state index contributed by atoms with van der Waals surface area (Å²) >= 11 is 0. The predicted molar refractivity (Wildman–Crippen MR) is 104 cm³/mol. The van der Waals surface area contributed by atoms with Gasteiger partial charge in [0, 0.05) is 37.1 Å². The minimum atomic E-state index is 0.771. The summed E-state index contributed by atoms with van der Waals surface area (Å²) in [5, 5.41) is 1.08. The van der Waals surface area contributed by atoms with Gasteiger partial charge in [-0.25, -0.2) is 9.97 Å². The molecule has 1 aromatic carbocycles. The Hall–Kier alpha value is -1.88. The fourth-order valence-corrected chi connectivity index (χ4v) is 5.32. The third-order valence-electron chi connectivity index (χ3n) is 6.75. The summed E-state index contributed by atoms with van der Waals surface area (Å²) < 4.78 is 5.33. The lowest BCUT2D eigenvalue weighted by Crippen LogP contribution is -2.48. The van der Waals surface area contributed by atoms with Gasteiger partial charge in [-0.05, 0) is 63.1 Å². The van der Waals surface area contributed by atoms with Crippen LogP contribution in [0.4, 0.5) is 5.95 Å². The van der Waals surface area contributed by atoms with Gasteiger partial charge in [-0.1, -0.05) is 0 Å². The molecule has 2 bridgehead atoms. The molecule has 1 aliphatic carbocycles. The van der Waals surface area contributed by atoms with Crippen molar-refractivity contribution in [3.63, 3.8) is 0 Å². The molecule has 0 spiro atoms. The quantitative estimate of drug-likeness (QED) is 0.847. The number of hydrogen-bond acceptors (Lipinski definition) is 5. The fraction of sp³-hybridized carbons (Fsp3) is 0.619. The first-order chi connectivity index (χ1) is 12.7. The van der Waals surface area contributed by atoms with Crippen LogP contribution in [-0.4, -0.2) is 53.7 Å². The molecule has 1 saturated carbocycles. The molecule has 0 N–H and O–H groups in total. The molecule has 26 heavy (non-hydrogen) atoms. The van der Waals surface area contributed by atoms with Crippen molar-refractivity contribution in [1.82, 2.24) is 14.9 Å². The highest BCUT2D eigenvalue weighted by molar-refractivity contribution is 5.83. The van der Waals surface area contributed by atoms with E-state index in [0.29, 0.717) is 0 Å². The zero-order valence-electron chi connectivity index (χ0n) is 15.8. The van der Waals surface area contributed by atoms with E-state index >= 15 is 0 Å². The number of benzene rings is 1. The molecular weight excluding hydrogens is 324 g/mol. The van der Waals surface area contributed by atoms with E-state index in [1.165, 1.54) is 38.6 Å². The molecule has 1 aromatic heterocycles. The largest absolute Gasteiger partial charge is 0.497 e. The van der Waals surface area contributed by atoms with Crippen LogP contribution in [0.2, 0.25) is 0 Å². The number of fused-ring (bicyclic) bond motifs is 3. The van der Waals surface area contributed by atoms with E-state index < -0.39 is 0 Å². The van der Waals surface area contributed by atoms with Crippen molar-refractivity contribution in [2.75, 3.05) is 31.6 Å². The van der Waals surface area contributed by atoms with Crippen molar-refractivity contribution >= 4 is 16.9 Å². The van der Waals surface area contributed by atoms with Crippen molar-refractivity contribution in [2.45, 2.75) is 51.1 Å². The van der Waals surface area contributed by atoms with Gasteiger partial charge >= 0.3 is 0 Å². The Bertz CT molecular complexity index is 815. The normalized spacial score (nSPS) is 26.8. The average Bonchev–Trinajstić information content (AvgIpc) is 3.31. The first-order valence-corrected chi connectivity index (χ1v) is 10.0. The summed E-state index contributed by atoms with van der Waals surface area (Å²) in [7, 11) is 1.70. The van der Waals surface area contributed by atoms with E-state index in [-0.39, 0.29) is 0 Å². The van der Waals surface area contributed by atoms with Crippen molar-refractivity contribution in [3.05, 3.63) is 23.9 Å². The molecule has 5 heteroatoms. The number of hydrogen-bond donors (Lipinski definition) is 0. The van der Waals surface area contributed by atoms with Crippen LogP contribution in [0.3, 0.4) is 0 Å². The minimum Gasteiger partial charge on any atom is -0.497 e. The summed E-state index contributed by atoms with van der Waals surface area (Å²) in [6, 6.07) is 7.70. The Balaban J connectivity index is 1.32. The van der Waals surface area contributed by atoms with Crippen molar-refractivity contribution in [3.8, 4) is 5.75 Å². The molecule has 2 aliphatic heterocycles. The van der Waals surface area contributed by atoms with Crippen LogP contribution in [0.5, 0.6) is 5.75 Å². The van der Waals surface area contributed by atoms with Crippen LogP contribution >= 0.6 is 0 Å². The molecule has 3 fully saturated rings. The Morgan fingerprint density at radius 1 is 1.04 bits per heavy atom. The van der Waals surface area contributed by atoms with Crippen molar-refractivity contribution in [2.24, 2.45) is 5.92 Å². The van der Waals surface area contributed by atoms with Gasteiger partial charge in [-0.3, -0.25) is 4.90 Å². The molecule has 0 radical (unpaired) electrons. The Morgan fingerprint density at radius 3 is 2.58 bits per heavy atom. The first kappa shape index (κ1) is 16.3. The second-order valence-corrected chi connectivity index (χ2v) is 8.24. The van der Waals surface area contributed by atoms with Gasteiger partial charge in [0.1, 0.15) is 5.75 Å². The van der Waals surface area contributed by atoms with Gasteiger partial charge in [0.15, 0.2) is 0 Å². The van der Waals surface area contributed by atoms with Crippen LogP contribution in [0.1, 0.15) is 37.8 Å². The Kier molecular flexibility index (Phi) is 4.00. The van der Waals surface area contributed by atoms with Gasteiger partial charge < -0.3 is 9.64 Å². The molecule has 0 amide bonds. The minimum absolute atomic E-state index is 0.771. The van der Waals surface area contributed by atoms with E-state index in [9.17, 15) is 0 Å². The Morgan fingerprint density at radius 2 is 1.88 bits per heavy atom. The molecule has 5 rings (SSSR count). The second kappa shape index (κ2) is 6.38. The topological polar surface area (TPSA) is 41.5 Å². The highest BCUT2D eigenvalue weighted by Gasteiger charge is 2.41. The number of rotatable bonds is 3. The molecular formula is C21H28N4O. The standard InChI is InChI=1S/C21H28N4O/c1-14-19-12-18(26-2)5-6-20(19)23-21(22-14)24-9-7-16(8-10-24)25-13-15-3-4-17(25)11-15/h5-6,12,15-17H,3-4,7-11,13H2,1-2H3. The van der Waals surface area contributed by atoms with Gasteiger partial charge in [0.25, 0.3) is 0 Å². The summed E-state index contributed by atoms with van der Waals surface area (Å²) in [5.41, 5.74) is 2.04. The maximum absolute atomic E-state index is 5.33. The zero-order chi connectivity index (χ0) is 17.7. The highest BCUT2D eigenvalue weighted by Crippen LogP contribution is 2.40. The molecule has 2 unspecified atom stereocenters. The number of methoxy groups -OCH3 is 1. The maximum atomic E-state index is 5.33. The molecule has 2 atom stereocenters. The lowest BCUT2D eigenvalue weighted by atomic mass is 10.00. The lowest BCUT2D eigenvalue weighted by molar-refractivity contribution is 0.128. The number of ether oxygens (including phenoxy) is 1. The van der Waals surface area contributed by atoms with E-state index in [2.05, 4.69) is 16.7 Å². The summed E-state index contributed by atoms with van der Waals surface area (Å²) in [4.78, 5) is 14.8. The van der Waals surface area contributed by atoms with Crippen molar-refractivity contribution < 1.29 is 4.74 Å². The smallest absolute Gasteiger partial charge is 0.226 e. The second-order valence-electron chi connectivity index (χ2n) is 8.24. The fourth-order valence-electron chi connectivity index (χ4n) is 5.32. The van der Waals surface area contributed by atoms with E-state index in [1.54, 1.807) is 7.11 Å². The van der Waals surface area contributed by atoms with Gasteiger partial charge in [0.05, 0.1) is 18.3 Å². The average molecular weight is 352 g/mol. The first-order valence-electron chi connectivity index (χ1n) is 10.0. The molecule has 3 aliphatic rings. The summed E-state index contributed by atoms with van der Waals surface area (Å²) in [6.07, 6.45) is 6.84. The van der Waals surface area contributed by atoms with E-state index in [1.807, 2.05) is 18.2 Å². The number of aromatic nitrogens is 2. The van der Waals surface area contributed by atoms with Crippen LogP contribution in [0.25, 0.3) is 10.9 Å². The third-order valence-corrected chi connectivity index (χ3v) is 6.75. The molecule has 3 heterocycles. The molecule has 5 nitrogen and oxygen atoms in total. The van der Waals surface area contributed by atoms with Crippen LogP contribution in [0, 0.1) is 12.8 Å². The number of piperidine rings is 2. The van der Waals surface area contributed by atoms with Crippen molar-refractivity contribution in [1.29, 1.82) is 0 Å². The Labute approximate surface area is 155 Å². The third kappa shape index (κ3) is 2.73. The summed E-state index contributed by atoms with van der Waals surface area (Å²) in [6.45, 7) is 5.56. The zero-order valence-corrected chi connectivity index (χ0v) is 15.8. The maximum Gasteiger partial charge on any atom is 0.226 e. The highest BCUT2D eigenvalue weighted by atomic mass is 16.5. The number of likely N-dealkylation sites (tertiary alicyclic amines) is 1. The van der Waals surface area contributed by atoms with Crippen LogP contribution in [0.15, 0.2) is 18.2 Å². The predicted octanol–water partition coefficient (Wildman–Crippen LogP) is 3.40. The number of anilines is 1. The van der Waals surface area contributed by atoms with Crippen LogP contribution in [-0.2, 0) is 0 Å². The molecule has 2 saturated heterocycles. The monoisotopic (exact) mass is 352 g/mol.